The lowest BCUT2D eigenvalue weighted by molar-refractivity contribution is -0.117. The molecule has 31 heavy (non-hydrogen) atoms. The fourth-order valence-corrected chi connectivity index (χ4v) is 3.31. The number of likely N-dealkylation sites (N-methyl/N-ethyl adjacent to an activating group) is 1. The van der Waals surface area contributed by atoms with Gasteiger partial charge in [-0.15, -0.1) is 0 Å². The van der Waals surface area contributed by atoms with Gasteiger partial charge in [0, 0.05) is 42.9 Å². The van der Waals surface area contributed by atoms with Crippen LogP contribution >= 0.6 is 0 Å². The smallest absolute Gasteiger partial charge is 0.250 e. The van der Waals surface area contributed by atoms with Crippen molar-refractivity contribution in [2.24, 2.45) is 0 Å². The molecule has 162 valence electrons. The molecule has 2 amide bonds. The van der Waals surface area contributed by atoms with E-state index in [0.29, 0.717) is 25.0 Å². The quantitative estimate of drug-likeness (QED) is 0.249. The maximum atomic E-state index is 11.8. The van der Waals surface area contributed by atoms with E-state index in [2.05, 4.69) is 25.9 Å². The minimum atomic E-state index is -0.143. The normalized spacial score (nSPS) is 13.5. The number of methoxy groups -OCH3 is 1. The molecular weight excluding hydrogens is 394 g/mol. The van der Waals surface area contributed by atoms with Crippen LogP contribution in [0.5, 0.6) is 0 Å². The zero-order chi connectivity index (χ0) is 22.2. The maximum Gasteiger partial charge on any atom is 0.250 e. The van der Waals surface area contributed by atoms with Crippen LogP contribution in [-0.2, 0) is 20.7 Å². The van der Waals surface area contributed by atoms with Crippen LogP contribution in [0, 0.1) is 0 Å². The summed E-state index contributed by atoms with van der Waals surface area (Å²) in [4.78, 5) is 32.0. The molecule has 0 radical (unpaired) electrons. The Hall–Kier alpha value is -3.68. The Balaban J connectivity index is 1.58. The highest BCUT2D eigenvalue weighted by Crippen LogP contribution is 2.28. The highest BCUT2D eigenvalue weighted by Gasteiger charge is 2.18. The predicted octanol–water partition coefficient (Wildman–Crippen LogP) is 3.05. The zero-order valence-corrected chi connectivity index (χ0v) is 18.0. The number of ether oxygens (including phenoxy) is 1. The summed E-state index contributed by atoms with van der Waals surface area (Å²) in [5, 5.41) is 8.75. The Morgan fingerprint density at radius 2 is 2.13 bits per heavy atom. The summed E-state index contributed by atoms with van der Waals surface area (Å²) < 4.78 is 5.41. The van der Waals surface area contributed by atoms with Gasteiger partial charge in [-0.25, -0.2) is 9.97 Å². The van der Waals surface area contributed by atoms with Crippen LogP contribution in [0.25, 0.3) is 11.3 Å². The maximum absolute atomic E-state index is 11.8. The Labute approximate surface area is 181 Å². The van der Waals surface area contributed by atoms with Gasteiger partial charge in [0.2, 0.25) is 5.91 Å². The number of carbonyl (C=O) groups excluding carboxylic acids is 2. The van der Waals surface area contributed by atoms with E-state index in [1.165, 1.54) is 6.33 Å². The number of hydrogen-bond donors (Lipinski definition) is 3. The second-order valence-corrected chi connectivity index (χ2v) is 7.05. The molecule has 1 aromatic heterocycles. The lowest BCUT2D eigenvalue weighted by Crippen LogP contribution is -2.19. The Morgan fingerprint density at radius 1 is 1.29 bits per heavy atom. The summed E-state index contributed by atoms with van der Waals surface area (Å²) in [6, 6.07) is 7.72. The molecule has 3 rings (SSSR count). The van der Waals surface area contributed by atoms with E-state index in [9.17, 15) is 9.59 Å². The fraction of sp³-hybridized carbons (Fsp3) is 0.304. The van der Waals surface area contributed by atoms with Crippen molar-refractivity contribution in [2.45, 2.75) is 26.2 Å². The van der Waals surface area contributed by atoms with Gasteiger partial charge in [0.15, 0.2) is 0 Å². The van der Waals surface area contributed by atoms with Gasteiger partial charge in [-0.1, -0.05) is 12.1 Å². The second-order valence-electron chi connectivity index (χ2n) is 7.05. The van der Waals surface area contributed by atoms with Gasteiger partial charge in [-0.05, 0) is 37.1 Å². The summed E-state index contributed by atoms with van der Waals surface area (Å²) in [5.74, 6) is 1.33. The molecule has 2 heterocycles. The Morgan fingerprint density at radius 3 is 2.87 bits per heavy atom. The molecular formula is C23H27N5O3. The highest BCUT2D eigenvalue weighted by atomic mass is 16.5. The second kappa shape index (κ2) is 10.4. The van der Waals surface area contributed by atoms with Crippen LogP contribution in [0.1, 0.15) is 25.3 Å². The number of rotatable bonds is 9. The largest absolute Gasteiger partial charge is 0.501 e. The van der Waals surface area contributed by atoms with E-state index < -0.39 is 0 Å². The van der Waals surface area contributed by atoms with Crippen molar-refractivity contribution < 1.29 is 14.3 Å². The van der Waals surface area contributed by atoms with E-state index in [1.807, 2.05) is 31.2 Å². The van der Waals surface area contributed by atoms with Crippen molar-refractivity contribution in [3.05, 3.63) is 59.6 Å². The summed E-state index contributed by atoms with van der Waals surface area (Å²) in [6.07, 6.45) is 6.91. The minimum Gasteiger partial charge on any atom is -0.501 e. The number of aromatic nitrogens is 2. The third kappa shape index (κ3) is 5.69. The average Bonchev–Trinajstić information content (AvgIpc) is 3.17. The zero-order valence-electron chi connectivity index (χ0n) is 18.0. The Bertz CT molecular complexity index is 1030. The first-order chi connectivity index (χ1) is 15.0. The topological polar surface area (TPSA) is 105 Å². The molecule has 0 atom stereocenters. The molecule has 1 aliphatic heterocycles. The van der Waals surface area contributed by atoms with Gasteiger partial charge in [0.25, 0.3) is 5.91 Å². The number of hydrogen-bond acceptors (Lipinski definition) is 6. The molecule has 0 saturated carbocycles. The lowest BCUT2D eigenvalue weighted by Gasteiger charge is -2.10. The average molecular weight is 422 g/mol. The van der Waals surface area contributed by atoms with Crippen LogP contribution in [0.15, 0.2) is 54.1 Å². The number of carbonyl (C=O) groups is 2. The van der Waals surface area contributed by atoms with Crippen molar-refractivity contribution in [1.82, 2.24) is 15.3 Å². The van der Waals surface area contributed by atoms with E-state index in [0.717, 1.165) is 40.5 Å². The number of nitrogens with zero attached hydrogens (tertiary/aromatic N) is 2. The third-order valence-electron chi connectivity index (χ3n) is 4.98. The fourth-order valence-electron chi connectivity index (χ4n) is 3.31. The third-order valence-corrected chi connectivity index (χ3v) is 4.98. The number of fused-ring (bicyclic) bond motifs is 1. The van der Waals surface area contributed by atoms with Crippen molar-refractivity contribution in [3.63, 3.8) is 0 Å². The first-order valence-corrected chi connectivity index (χ1v) is 10.2. The van der Waals surface area contributed by atoms with E-state index in [1.54, 1.807) is 26.3 Å². The van der Waals surface area contributed by atoms with Crippen LogP contribution in [0.4, 0.5) is 11.5 Å². The molecule has 8 heteroatoms. The van der Waals surface area contributed by atoms with E-state index in [-0.39, 0.29) is 11.8 Å². The number of anilines is 2. The van der Waals surface area contributed by atoms with Gasteiger partial charge in [-0.2, -0.15) is 0 Å². The molecule has 1 aliphatic rings. The van der Waals surface area contributed by atoms with E-state index in [4.69, 9.17) is 4.74 Å². The van der Waals surface area contributed by atoms with Gasteiger partial charge in [0.1, 0.15) is 12.1 Å². The van der Waals surface area contributed by atoms with Gasteiger partial charge in [-0.3, -0.25) is 9.59 Å². The van der Waals surface area contributed by atoms with Crippen molar-refractivity contribution in [1.29, 1.82) is 0 Å². The first-order valence-electron chi connectivity index (χ1n) is 10.2. The molecule has 1 aromatic carbocycles. The summed E-state index contributed by atoms with van der Waals surface area (Å²) in [5.41, 5.74) is 4.14. The molecule has 0 fully saturated rings. The monoisotopic (exact) mass is 421 g/mol. The molecule has 0 aliphatic carbocycles. The molecule has 2 aromatic rings. The molecule has 3 N–H and O–H groups in total. The van der Waals surface area contributed by atoms with E-state index >= 15 is 0 Å². The standard InChI is InChI=1S/C23H27N5O3/c1-4-15(23(30)24-2)11-18(31-3)6-5-9-25-21-13-20(26-14-27-21)16-7-8-19-17(10-16)12-22(29)28-19/h4,7-8,10-11,13-14H,5-6,9,12H2,1-3H3,(H,24,30)(H,28,29)(H,25,26,27)/b15-4+,18-11+. The number of allylic oxidation sites excluding steroid dienone is 2. The SMILES string of the molecule is C/C=C(\C=C(/CCCNc1cc(-c2ccc3c(c2)CC(=O)N3)ncn1)OC)C(=O)NC. The first kappa shape index (κ1) is 22.0. The van der Waals surface area contributed by atoms with Crippen LogP contribution in [0.2, 0.25) is 0 Å². The molecule has 0 bridgehead atoms. The van der Waals surface area contributed by atoms with Gasteiger partial charge < -0.3 is 20.7 Å². The number of nitrogens with one attached hydrogen (secondary N) is 3. The minimum absolute atomic E-state index is 0.0125. The molecule has 8 nitrogen and oxygen atoms in total. The highest BCUT2D eigenvalue weighted by molar-refractivity contribution is 5.99. The number of benzene rings is 1. The van der Waals surface area contributed by atoms with Crippen LogP contribution in [0.3, 0.4) is 0 Å². The summed E-state index contributed by atoms with van der Waals surface area (Å²) >= 11 is 0. The molecule has 0 saturated heterocycles. The predicted molar refractivity (Wildman–Crippen MR) is 120 cm³/mol. The van der Waals surface area contributed by atoms with Gasteiger partial charge >= 0.3 is 0 Å². The van der Waals surface area contributed by atoms with Gasteiger partial charge in [0.05, 0.1) is 25.0 Å². The number of amides is 2. The van der Waals surface area contributed by atoms with Crippen LogP contribution < -0.4 is 16.0 Å². The van der Waals surface area contributed by atoms with Crippen LogP contribution in [-0.4, -0.2) is 42.5 Å². The van der Waals surface area contributed by atoms with Crippen molar-refractivity contribution in [3.8, 4) is 11.3 Å². The molecule has 0 unspecified atom stereocenters. The van der Waals surface area contributed by atoms with Crippen molar-refractivity contribution >= 4 is 23.3 Å². The van der Waals surface area contributed by atoms with Crippen molar-refractivity contribution in [2.75, 3.05) is 31.3 Å². The summed E-state index contributed by atoms with van der Waals surface area (Å²) in [7, 11) is 3.21. The molecule has 0 spiro atoms. The Kier molecular flexibility index (Phi) is 7.37. The lowest BCUT2D eigenvalue weighted by atomic mass is 10.1. The summed E-state index contributed by atoms with van der Waals surface area (Å²) in [6.45, 7) is 2.50.